The van der Waals surface area contributed by atoms with Gasteiger partial charge in [0.15, 0.2) is 0 Å². The van der Waals surface area contributed by atoms with Crippen LogP contribution in [0.15, 0.2) is 0 Å². The van der Waals surface area contributed by atoms with Crippen LogP contribution in [-0.4, -0.2) is 48.7 Å². The van der Waals surface area contributed by atoms with Crippen molar-refractivity contribution in [1.82, 2.24) is 10.2 Å². The molecule has 1 atom stereocenters. The molecule has 0 spiro atoms. The maximum absolute atomic E-state index is 11.5. The summed E-state index contributed by atoms with van der Waals surface area (Å²) in [4.78, 5) is 13.4. The standard InChI is InChI=1S/C10H20N2O2/c1-9(8-13)6-11-7-10(14)12-4-2-3-5-12/h9,11,13H,2-8H2,1H3. The fraction of sp³-hybridized carbons (Fsp3) is 0.900. The highest BCUT2D eigenvalue weighted by atomic mass is 16.3. The highest BCUT2D eigenvalue weighted by molar-refractivity contribution is 5.78. The molecule has 1 amide bonds. The Bertz CT molecular complexity index is 179. The fourth-order valence-electron chi connectivity index (χ4n) is 1.57. The average molecular weight is 200 g/mol. The van der Waals surface area contributed by atoms with Gasteiger partial charge in [0.2, 0.25) is 5.91 Å². The summed E-state index contributed by atoms with van der Waals surface area (Å²) in [5.74, 6) is 0.411. The van der Waals surface area contributed by atoms with E-state index >= 15 is 0 Å². The molecular formula is C10H20N2O2. The molecule has 0 aromatic rings. The molecule has 0 aromatic carbocycles. The van der Waals surface area contributed by atoms with E-state index in [9.17, 15) is 4.79 Å². The summed E-state index contributed by atoms with van der Waals surface area (Å²) in [5, 5.41) is 11.8. The van der Waals surface area contributed by atoms with E-state index in [1.807, 2.05) is 11.8 Å². The van der Waals surface area contributed by atoms with Crippen molar-refractivity contribution in [3.05, 3.63) is 0 Å². The molecule has 14 heavy (non-hydrogen) atoms. The van der Waals surface area contributed by atoms with Gasteiger partial charge in [0, 0.05) is 26.2 Å². The third-order valence-corrected chi connectivity index (χ3v) is 2.54. The van der Waals surface area contributed by atoms with Gasteiger partial charge in [0.25, 0.3) is 0 Å². The van der Waals surface area contributed by atoms with Gasteiger partial charge in [0.1, 0.15) is 0 Å². The van der Waals surface area contributed by atoms with E-state index in [1.54, 1.807) is 0 Å². The smallest absolute Gasteiger partial charge is 0.236 e. The zero-order valence-electron chi connectivity index (χ0n) is 8.83. The first-order chi connectivity index (χ1) is 6.74. The predicted molar refractivity (Wildman–Crippen MR) is 54.9 cm³/mol. The second-order valence-corrected chi connectivity index (χ2v) is 4.01. The molecule has 4 nitrogen and oxygen atoms in total. The molecule has 0 radical (unpaired) electrons. The molecule has 4 heteroatoms. The van der Waals surface area contributed by atoms with Gasteiger partial charge in [-0.3, -0.25) is 4.79 Å². The van der Waals surface area contributed by atoms with Crippen molar-refractivity contribution in [2.24, 2.45) is 5.92 Å². The molecular weight excluding hydrogens is 180 g/mol. The van der Waals surface area contributed by atoms with Crippen LogP contribution in [0.5, 0.6) is 0 Å². The number of hydrogen-bond donors (Lipinski definition) is 2. The molecule has 1 unspecified atom stereocenters. The van der Waals surface area contributed by atoms with Crippen molar-refractivity contribution in [3.63, 3.8) is 0 Å². The third-order valence-electron chi connectivity index (χ3n) is 2.54. The molecule has 1 rings (SSSR count). The predicted octanol–water partition coefficient (Wildman–Crippen LogP) is -0.173. The highest BCUT2D eigenvalue weighted by Crippen LogP contribution is 2.06. The van der Waals surface area contributed by atoms with Gasteiger partial charge >= 0.3 is 0 Å². The minimum absolute atomic E-state index is 0.172. The summed E-state index contributed by atoms with van der Waals surface area (Å²) in [6.45, 7) is 5.06. The number of amides is 1. The summed E-state index contributed by atoms with van der Waals surface area (Å²) in [7, 11) is 0. The first-order valence-electron chi connectivity index (χ1n) is 5.33. The Morgan fingerprint density at radius 3 is 2.71 bits per heavy atom. The lowest BCUT2D eigenvalue weighted by Gasteiger charge is -2.16. The summed E-state index contributed by atoms with van der Waals surface area (Å²) in [6, 6.07) is 0. The maximum Gasteiger partial charge on any atom is 0.236 e. The van der Waals surface area contributed by atoms with Crippen molar-refractivity contribution in [1.29, 1.82) is 0 Å². The van der Waals surface area contributed by atoms with E-state index in [4.69, 9.17) is 5.11 Å². The number of aliphatic hydroxyl groups excluding tert-OH is 1. The number of nitrogens with one attached hydrogen (secondary N) is 1. The van der Waals surface area contributed by atoms with Crippen LogP contribution in [0.25, 0.3) is 0 Å². The molecule has 1 saturated heterocycles. The highest BCUT2D eigenvalue weighted by Gasteiger charge is 2.16. The van der Waals surface area contributed by atoms with E-state index in [2.05, 4.69) is 5.32 Å². The van der Waals surface area contributed by atoms with Crippen molar-refractivity contribution in [2.45, 2.75) is 19.8 Å². The van der Waals surface area contributed by atoms with E-state index in [-0.39, 0.29) is 18.4 Å². The van der Waals surface area contributed by atoms with E-state index in [0.29, 0.717) is 13.1 Å². The Kier molecular flexibility index (Phi) is 4.90. The number of carbonyl (C=O) groups is 1. The van der Waals surface area contributed by atoms with Crippen molar-refractivity contribution in [3.8, 4) is 0 Å². The first kappa shape index (κ1) is 11.5. The lowest BCUT2D eigenvalue weighted by molar-refractivity contribution is -0.129. The summed E-state index contributed by atoms with van der Waals surface area (Å²) in [6.07, 6.45) is 2.28. The largest absolute Gasteiger partial charge is 0.396 e. The zero-order chi connectivity index (χ0) is 10.4. The minimum atomic E-state index is 0.172. The minimum Gasteiger partial charge on any atom is -0.396 e. The van der Waals surface area contributed by atoms with Crippen LogP contribution in [0.2, 0.25) is 0 Å². The molecule has 1 aliphatic heterocycles. The van der Waals surface area contributed by atoms with Gasteiger partial charge in [-0.25, -0.2) is 0 Å². The molecule has 1 aliphatic rings. The van der Waals surface area contributed by atoms with Gasteiger partial charge in [-0.05, 0) is 18.8 Å². The normalized spacial score (nSPS) is 18.6. The third kappa shape index (κ3) is 3.64. The number of nitrogens with zero attached hydrogens (tertiary/aromatic N) is 1. The fourth-order valence-corrected chi connectivity index (χ4v) is 1.57. The Labute approximate surface area is 85.3 Å². The molecule has 0 bridgehead atoms. The summed E-state index contributed by atoms with van der Waals surface area (Å²) in [5.41, 5.74) is 0. The summed E-state index contributed by atoms with van der Waals surface area (Å²) < 4.78 is 0. The second kappa shape index (κ2) is 5.98. The van der Waals surface area contributed by atoms with Crippen LogP contribution >= 0.6 is 0 Å². The maximum atomic E-state index is 11.5. The van der Waals surface area contributed by atoms with Crippen LogP contribution in [0.1, 0.15) is 19.8 Å². The number of carbonyl (C=O) groups excluding carboxylic acids is 1. The number of likely N-dealkylation sites (tertiary alicyclic amines) is 1. The van der Waals surface area contributed by atoms with Gasteiger partial charge in [0.05, 0.1) is 6.54 Å². The molecule has 2 N–H and O–H groups in total. The lowest BCUT2D eigenvalue weighted by atomic mass is 10.2. The average Bonchev–Trinajstić information content (AvgIpc) is 2.70. The Hall–Kier alpha value is -0.610. The van der Waals surface area contributed by atoms with Crippen LogP contribution in [-0.2, 0) is 4.79 Å². The molecule has 1 heterocycles. The molecule has 0 aromatic heterocycles. The molecule has 0 saturated carbocycles. The van der Waals surface area contributed by atoms with Gasteiger partial charge in [-0.15, -0.1) is 0 Å². The van der Waals surface area contributed by atoms with Gasteiger partial charge < -0.3 is 15.3 Å². The molecule has 82 valence electrons. The number of rotatable bonds is 5. The van der Waals surface area contributed by atoms with E-state index in [0.717, 1.165) is 25.9 Å². The number of aliphatic hydroxyl groups is 1. The first-order valence-corrected chi connectivity index (χ1v) is 5.33. The number of hydrogen-bond acceptors (Lipinski definition) is 3. The van der Waals surface area contributed by atoms with Crippen LogP contribution in [0.3, 0.4) is 0 Å². The summed E-state index contributed by atoms with van der Waals surface area (Å²) >= 11 is 0. The van der Waals surface area contributed by atoms with Crippen molar-refractivity contribution >= 4 is 5.91 Å². The Balaban J connectivity index is 2.08. The topological polar surface area (TPSA) is 52.6 Å². The van der Waals surface area contributed by atoms with Crippen LogP contribution in [0, 0.1) is 5.92 Å². The second-order valence-electron chi connectivity index (χ2n) is 4.01. The lowest BCUT2D eigenvalue weighted by Crippen LogP contribution is -2.37. The van der Waals surface area contributed by atoms with Crippen molar-refractivity contribution in [2.75, 3.05) is 32.8 Å². The van der Waals surface area contributed by atoms with Gasteiger partial charge in [-0.1, -0.05) is 6.92 Å². The molecule has 0 aliphatic carbocycles. The Morgan fingerprint density at radius 1 is 1.50 bits per heavy atom. The monoisotopic (exact) mass is 200 g/mol. The molecule has 1 fully saturated rings. The zero-order valence-corrected chi connectivity index (χ0v) is 8.83. The Morgan fingerprint density at radius 2 is 2.14 bits per heavy atom. The van der Waals surface area contributed by atoms with Crippen LogP contribution < -0.4 is 5.32 Å². The van der Waals surface area contributed by atoms with E-state index < -0.39 is 0 Å². The van der Waals surface area contributed by atoms with Crippen molar-refractivity contribution < 1.29 is 9.90 Å². The SMILES string of the molecule is CC(CO)CNCC(=O)N1CCCC1. The quantitative estimate of drug-likeness (QED) is 0.647. The van der Waals surface area contributed by atoms with Crippen LogP contribution in [0.4, 0.5) is 0 Å². The van der Waals surface area contributed by atoms with E-state index in [1.165, 1.54) is 0 Å². The van der Waals surface area contributed by atoms with Gasteiger partial charge in [-0.2, -0.15) is 0 Å².